The Morgan fingerprint density at radius 3 is 2.59 bits per heavy atom. The van der Waals surface area contributed by atoms with Crippen molar-refractivity contribution in [2.24, 2.45) is 5.84 Å². The van der Waals surface area contributed by atoms with Gasteiger partial charge in [-0.1, -0.05) is 25.5 Å². The first kappa shape index (κ1) is 14.0. The Morgan fingerprint density at radius 1 is 1.47 bits per heavy atom. The molecule has 0 heterocycles. The first-order valence-corrected chi connectivity index (χ1v) is 6.46. The molecule has 0 aliphatic carbocycles. The van der Waals surface area contributed by atoms with Gasteiger partial charge in [0, 0.05) is 4.90 Å². The van der Waals surface area contributed by atoms with Crippen molar-refractivity contribution in [3.8, 4) is 0 Å². The van der Waals surface area contributed by atoms with Crippen LogP contribution in [0.25, 0.3) is 0 Å². The zero-order valence-corrected chi connectivity index (χ0v) is 10.7. The molecule has 1 aromatic carbocycles. The first-order valence-electron chi connectivity index (χ1n) is 5.58. The molecule has 0 radical (unpaired) electrons. The molecule has 0 bridgehead atoms. The number of carbonyl (C=O) groups is 1. The third kappa shape index (κ3) is 4.38. The zero-order valence-electron chi connectivity index (χ0n) is 9.85. The summed E-state index contributed by atoms with van der Waals surface area (Å²) in [6.45, 7) is 2.07. The van der Waals surface area contributed by atoms with Crippen molar-refractivity contribution in [2.75, 3.05) is 0 Å². The zero-order chi connectivity index (χ0) is 12.7. The van der Waals surface area contributed by atoms with Crippen LogP contribution in [0.5, 0.6) is 0 Å². The number of rotatable bonds is 6. The molecular weight excluding hydrogens is 236 g/mol. The Balaban J connectivity index is 2.68. The van der Waals surface area contributed by atoms with Gasteiger partial charge in [0.25, 0.3) is 0 Å². The summed E-state index contributed by atoms with van der Waals surface area (Å²) in [5.41, 5.74) is 3.06. The van der Waals surface area contributed by atoms with Crippen LogP contribution >= 0.6 is 11.8 Å². The van der Waals surface area contributed by atoms with Crippen LogP contribution in [0.1, 0.15) is 25.3 Å². The highest BCUT2D eigenvalue weighted by molar-refractivity contribution is 8.00. The lowest BCUT2D eigenvalue weighted by Crippen LogP contribution is -2.37. The third-order valence-corrected chi connectivity index (χ3v) is 3.65. The number of amides is 1. The highest BCUT2D eigenvalue weighted by Gasteiger charge is 2.17. The molecule has 0 aromatic heterocycles. The minimum atomic E-state index is -0.162. The Morgan fingerprint density at radius 2 is 2.12 bits per heavy atom. The number of hydrazine groups is 1. The van der Waals surface area contributed by atoms with Crippen molar-refractivity contribution in [1.29, 1.82) is 0 Å². The van der Waals surface area contributed by atoms with E-state index in [2.05, 4.69) is 5.43 Å². The number of thioether (sulfide) groups is 1. The van der Waals surface area contributed by atoms with Crippen LogP contribution in [0.3, 0.4) is 0 Å². The van der Waals surface area contributed by atoms with Gasteiger partial charge in [-0.25, -0.2) is 5.84 Å². The molecule has 5 heteroatoms. The van der Waals surface area contributed by atoms with Gasteiger partial charge in [-0.05, 0) is 24.1 Å². The molecule has 1 amide bonds. The number of carbonyl (C=O) groups excluding carboxylic acids is 1. The lowest BCUT2D eigenvalue weighted by atomic mass is 10.2. The Kier molecular flexibility index (Phi) is 6.04. The van der Waals surface area contributed by atoms with Gasteiger partial charge in [0.1, 0.15) is 0 Å². The van der Waals surface area contributed by atoms with Gasteiger partial charge >= 0.3 is 0 Å². The van der Waals surface area contributed by atoms with E-state index in [9.17, 15) is 4.79 Å². The van der Waals surface area contributed by atoms with Crippen molar-refractivity contribution in [2.45, 2.75) is 36.5 Å². The first-order chi connectivity index (χ1) is 8.21. The molecule has 0 saturated carbocycles. The highest BCUT2D eigenvalue weighted by Crippen LogP contribution is 2.26. The molecule has 1 rings (SSSR count). The van der Waals surface area contributed by atoms with Crippen LogP contribution in [-0.4, -0.2) is 16.3 Å². The second-order valence-electron chi connectivity index (χ2n) is 3.71. The average Bonchev–Trinajstić information content (AvgIpc) is 2.38. The van der Waals surface area contributed by atoms with Crippen molar-refractivity contribution in [3.05, 3.63) is 29.8 Å². The maximum atomic E-state index is 11.5. The predicted octanol–water partition coefficient (Wildman–Crippen LogP) is 1.43. The number of aliphatic hydroxyl groups is 1. The van der Waals surface area contributed by atoms with Crippen LogP contribution in [0, 0.1) is 0 Å². The SMILES string of the molecule is CCCC(Sc1ccc(CO)cc1)C(=O)NN. The summed E-state index contributed by atoms with van der Waals surface area (Å²) >= 11 is 1.49. The van der Waals surface area contributed by atoms with Crippen LogP contribution in [0.4, 0.5) is 0 Å². The number of nitrogens with one attached hydrogen (secondary N) is 1. The molecule has 1 atom stereocenters. The van der Waals surface area contributed by atoms with E-state index in [4.69, 9.17) is 10.9 Å². The normalized spacial score (nSPS) is 12.2. The van der Waals surface area contributed by atoms with E-state index >= 15 is 0 Å². The Labute approximate surface area is 106 Å². The Hall–Kier alpha value is -1.04. The summed E-state index contributed by atoms with van der Waals surface area (Å²) in [5.74, 6) is 5.01. The predicted molar refractivity (Wildman–Crippen MR) is 69.2 cm³/mol. The minimum Gasteiger partial charge on any atom is -0.392 e. The lowest BCUT2D eigenvalue weighted by Gasteiger charge is -2.13. The van der Waals surface area contributed by atoms with Gasteiger partial charge < -0.3 is 5.11 Å². The van der Waals surface area contributed by atoms with Crippen molar-refractivity contribution >= 4 is 17.7 Å². The van der Waals surface area contributed by atoms with Crippen LogP contribution < -0.4 is 11.3 Å². The minimum absolute atomic E-state index is 0.0343. The van der Waals surface area contributed by atoms with E-state index in [1.807, 2.05) is 31.2 Å². The van der Waals surface area contributed by atoms with Gasteiger partial charge in [0.05, 0.1) is 11.9 Å². The molecule has 17 heavy (non-hydrogen) atoms. The fraction of sp³-hybridized carbons (Fsp3) is 0.417. The van der Waals surface area contributed by atoms with Crippen LogP contribution in [0.2, 0.25) is 0 Å². The quantitative estimate of drug-likeness (QED) is 0.311. The van der Waals surface area contributed by atoms with E-state index in [1.54, 1.807) is 0 Å². The second kappa shape index (κ2) is 7.32. The van der Waals surface area contributed by atoms with Crippen molar-refractivity contribution < 1.29 is 9.90 Å². The number of hydrogen-bond donors (Lipinski definition) is 3. The smallest absolute Gasteiger partial charge is 0.247 e. The van der Waals surface area contributed by atoms with Gasteiger partial charge in [-0.15, -0.1) is 11.8 Å². The molecule has 1 unspecified atom stereocenters. The number of benzene rings is 1. The van der Waals surface area contributed by atoms with Crippen molar-refractivity contribution in [3.63, 3.8) is 0 Å². The van der Waals surface area contributed by atoms with Crippen molar-refractivity contribution in [1.82, 2.24) is 5.43 Å². The second-order valence-corrected chi connectivity index (χ2v) is 4.98. The third-order valence-electron chi connectivity index (χ3n) is 2.37. The molecule has 0 saturated heterocycles. The molecule has 1 aromatic rings. The van der Waals surface area contributed by atoms with E-state index in [0.717, 1.165) is 23.3 Å². The monoisotopic (exact) mass is 254 g/mol. The molecule has 0 aliphatic rings. The summed E-state index contributed by atoms with van der Waals surface area (Å²) in [6, 6.07) is 7.52. The van der Waals surface area contributed by atoms with Crippen LogP contribution in [-0.2, 0) is 11.4 Å². The number of nitrogens with two attached hydrogens (primary N) is 1. The molecule has 4 N–H and O–H groups in total. The van der Waals surface area contributed by atoms with Gasteiger partial charge in [-0.3, -0.25) is 10.2 Å². The largest absolute Gasteiger partial charge is 0.392 e. The van der Waals surface area contributed by atoms with E-state index in [1.165, 1.54) is 11.8 Å². The number of hydrogen-bond acceptors (Lipinski definition) is 4. The summed E-state index contributed by atoms with van der Waals surface area (Å²) in [4.78, 5) is 12.5. The molecular formula is C12H18N2O2S. The molecule has 94 valence electrons. The van der Waals surface area contributed by atoms with Gasteiger partial charge in [0.2, 0.25) is 5.91 Å². The maximum absolute atomic E-state index is 11.5. The van der Waals surface area contributed by atoms with Crippen LogP contribution in [0.15, 0.2) is 29.2 Å². The molecule has 4 nitrogen and oxygen atoms in total. The number of aliphatic hydroxyl groups excluding tert-OH is 1. The summed E-state index contributed by atoms with van der Waals surface area (Å²) in [7, 11) is 0. The summed E-state index contributed by atoms with van der Waals surface area (Å²) in [5, 5.41) is 8.77. The summed E-state index contributed by atoms with van der Waals surface area (Å²) in [6.07, 6.45) is 1.72. The molecule has 0 fully saturated rings. The van der Waals surface area contributed by atoms with E-state index < -0.39 is 0 Å². The maximum Gasteiger partial charge on any atom is 0.247 e. The van der Waals surface area contributed by atoms with Gasteiger partial charge in [0.15, 0.2) is 0 Å². The lowest BCUT2D eigenvalue weighted by molar-refractivity contribution is -0.120. The topological polar surface area (TPSA) is 75.3 Å². The average molecular weight is 254 g/mol. The van der Waals surface area contributed by atoms with Gasteiger partial charge in [-0.2, -0.15) is 0 Å². The molecule has 0 aliphatic heterocycles. The molecule has 0 spiro atoms. The standard InChI is InChI=1S/C12H18N2O2S/c1-2-3-11(12(16)14-13)17-10-6-4-9(8-15)5-7-10/h4-7,11,15H,2-3,8,13H2,1H3,(H,14,16). The van der Waals surface area contributed by atoms with E-state index in [-0.39, 0.29) is 17.8 Å². The van der Waals surface area contributed by atoms with E-state index in [0.29, 0.717) is 0 Å². The fourth-order valence-electron chi connectivity index (χ4n) is 1.44. The Bertz CT molecular complexity index is 354. The summed E-state index contributed by atoms with van der Waals surface area (Å²) < 4.78 is 0. The fourth-order valence-corrected chi connectivity index (χ4v) is 2.59. The highest BCUT2D eigenvalue weighted by atomic mass is 32.2.